The number of benzene rings is 2. The summed E-state index contributed by atoms with van der Waals surface area (Å²) in [5.74, 6) is 2.33. The lowest BCUT2D eigenvalue weighted by molar-refractivity contribution is 0.592. The molecule has 1 N–H and O–H groups in total. The maximum Gasteiger partial charge on any atom is 0.111 e. The number of thioether (sulfide) groups is 1. The molecule has 1 aliphatic heterocycles. The van der Waals surface area contributed by atoms with Crippen molar-refractivity contribution in [2.24, 2.45) is 0 Å². The molecule has 106 valence electrons. The van der Waals surface area contributed by atoms with Gasteiger partial charge in [0, 0.05) is 29.0 Å². The number of hydrogen-bond acceptors (Lipinski definition) is 4. The van der Waals surface area contributed by atoms with Gasteiger partial charge < -0.3 is 5.32 Å². The molecule has 1 aromatic heterocycles. The third kappa shape index (κ3) is 2.59. The summed E-state index contributed by atoms with van der Waals surface area (Å²) in [6.45, 7) is 1.08. The molecular formula is C17H16N2S2. The molecule has 1 unspecified atom stereocenters. The second kappa shape index (κ2) is 5.79. The molecule has 0 aliphatic carbocycles. The molecule has 1 atom stereocenters. The van der Waals surface area contributed by atoms with E-state index in [-0.39, 0.29) is 0 Å². The average molecular weight is 312 g/mol. The van der Waals surface area contributed by atoms with E-state index in [1.165, 1.54) is 27.1 Å². The van der Waals surface area contributed by atoms with Crippen LogP contribution in [0.25, 0.3) is 22.0 Å². The Morgan fingerprint density at radius 1 is 1.10 bits per heavy atom. The lowest BCUT2D eigenvalue weighted by Crippen LogP contribution is -2.30. The molecule has 2 nitrogen and oxygen atoms in total. The van der Waals surface area contributed by atoms with Crippen LogP contribution in [0, 0.1) is 0 Å². The summed E-state index contributed by atoms with van der Waals surface area (Å²) >= 11 is 3.78. The minimum atomic E-state index is 0.414. The van der Waals surface area contributed by atoms with Crippen LogP contribution in [0.4, 0.5) is 0 Å². The summed E-state index contributed by atoms with van der Waals surface area (Å²) in [5.41, 5.74) is 2.34. The molecule has 0 amide bonds. The molecule has 4 heteroatoms. The molecule has 3 aromatic rings. The number of fused-ring (bicyclic) bond motifs is 1. The van der Waals surface area contributed by atoms with Gasteiger partial charge in [0.15, 0.2) is 0 Å². The largest absolute Gasteiger partial charge is 0.306 e. The van der Waals surface area contributed by atoms with Gasteiger partial charge in [0.05, 0.1) is 11.7 Å². The first kappa shape index (κ1) is 13.3. The van der Waals surface area contributed by atoms with Gasteiger partial charge in [0.2, 0.25) is 0 Å². The minimum Gasteiger partial charge on any atom is -0.306 e. The predicted molar refractivity (Wildman–Crippen MR) is 93.1 cm³/mol. The fourth-order valence-corrected chi connectivity index (χ4v) is 4.68. The Morgan fingerprint density at radius 2 is 2.00 bits per heavy atom. The van der Waals surface area contributed by atoms with Crippen molar-refractivity contribution in [3.05, 3.63) is 52.9 Å². The maximum atomic E-state index is 4.90. The van der Waals surface area contributed by atoms with Crippen LogP contribution >= 0.6 is 23.1 Å². The van der Waals surface area contributed by atoms with Gasteiger partial charge >= 0.3 is 0 Å². The van der Waals surface area contributed by atoms with E-state index in [0.29, 0.717) is 6.04 Å². The average Bonchev–Trinajstić information content (AvgIpc) is 3.05. The van der Waals surface area contributed by atoms with Gasteiger partial charge in [-0.2, -0.15) is 11.8 Å². The number of rotatable bonds is 2. The summed E-state index contributed by atoms with van der Waals surface area (Å²) in [6.07, 6.45) is 0. The molecule has 2 heterocycles. The number of nitrogens with zero attached hydrogens (tertiary/aromatic N) is 1. The standard InChI is InChI=1S/C17H16N2S2/c1-2-6-13-12(4-1)5-3-7-14(13)15-11-21-17(19-15)16-10-20-9-8-18-16/h1-7,11,16,18H,8-10H2. The Labute approximate surface area is 132 Å². The number of hydrogen-bond donors (Lipinski definition) is 1. The Bertz CT molecular complexity index is 755. The lowest BCUT2D eigenvalue weighted by atomic mass is 10.0. The Hall–Kier alpha value is -1.36. The summed E-state index contributed by atoms with van der Waals surface area (Å²) in [6, 6.07) is 15.4. The molecule has 2 aromatic carbocycles. The quantitative estimate of drug-likeness (QED) is 0.762. The van der Waals surface area contributed by atoms with E-state index in [0.717, 1.165) is 18.0 Å². The minimum absolute atomic E-state index is 0.414. The van der Waals surface area contributed by atoms with Crippen molar-refractivity contribution < 1.29 is 0 Å². The van der Waals surface area contributed by atoms with Crippen molar-refractivity contribution in [3.8, 4) is 11.3 Å². The van der Waals surface area contributed by atoms with Crippen LogP contribution in [-0.4, -0.2) is 23.0 Å². The highest BCUT2D eigenvalue weighted by molar-refractivity contribution is 7.99. The van der Waals surface area contributed by atoms with Crippen LogP contribution in [0.2, 0.25) is 0 Å². The van der Waals surface area contributed by atoms with Gasteiger partial charge in [-0.25, -0.2) is 4.98 Å². The van der Waals surface area contributed by atoms with Crippen molar-refractivity contribution in [2.75, 3.05) is 18.1 Å². The van der Waals surface area contributed by atoms with Crippen molar-refractivity contribution in [2.45, 2.75) is 6.04 Å². The third-order valence-electron chi connectivity index (χ3n) is 3.81. The van der Waals surface area contributed by atoms with Gasteiger partial charge in [-0.3, -0.25) is 0 Å². The number of aromatic nitrogens is 1. The lowest BCUT2D eigenvalue weighted by Gasteiger charge is -2.20. The summed E-state index contributed by atoms with van der Waals surface area (Å²) < 4.78 is 0. The summed E-state index contributed by atoms with van der Waals surface area (Å²) in [5, 5.41) is 9.52. The third-order valence-corrected chi connectivity index (χ3v) is 5.83. The highest BCUT2D eigenvalue weighted by Crippen LogP contribution is 2.32. The van der Waals surface area contributed by atoms with Crippen LogP contribution in [0.1, 0.15) is 11.0 Å². The van der Waals surface area contributed by atoms with Gasteiger partial charge in [-0.15, -0.1) is 11.3 Å². The Morgan fingerprint density at radius 3 is 2.90 bits per heavy atom. The van der Waals surface area contributed by atoms with E-state index in [2.05, 4.69) is 53.2 Å². The molecule has 0 bridgehead atoms. The van der Waals surface area contributed by atoms with Crippen LogP contribution in [0.5, 0.6) is 0 Å². The van der Waals surface area contributed by atoms with Crippen LogP contribution in [0.15, 0.2) is 47.8 Å². The summed E-state index contributed by atoms with van der Waals surface area (Å²) in [7, 11) is 0. The first-order valence-electron chi connectivity index (χ1n) is 7.16. The van der Waals surface area contributed by atoms with E-state index in [9.17, 15) is 0 Å². The van der Waals surface area contributed by atoms with E-state index < -0.39 is 0 Å². The van der Waals surface area contributed by atoms with Crippen LogP contribution < -0.4 is 5.32 Å². The number of nitrogens with one attached hydrogen (secondary N) is 1. The fraction of sp³-hybridized carbons (Fsp3) is 0.235. The molecule has 0 spiro atoms. The smallest absolute Gasteiger partial charge is 0.111 e. The van der Waals surface area contributed by atoms with Crippen LogP contribution in [0.3, 0.4) is 0 Å². The first-order valence-corrected chi connectivity index (χ1v) is 9.20. The molecule has 1 fully saturated rings. The fourth-order valence-electron chi connectivity index (χ4n) is 2.74. The topological polar surface area (TPSA) is 24.9 Å². The molecule has 1 saturated heterocycles. The predicted octanol–water partition coefficient (Wildman–Crippen LogP) is 4.34. The zero-order valence-electron chi connectivity index (χ0n) is 11.6. The Balaban J connectivity index is 1.74. The number of thiazole rings is 1. The molecule has 0 radical (unpaired) electrons. The molecule has 1 aliphatic rings. The van der Waals surface area contributed by atoms with E-state index in [1.54, 1.807) is 11.3 Å². The van der Waals surface area contributed by atoms with Crippen molar-refractivity contribution in [3.63, 3.8) is 0 Å². The van der Waals surface area contributed by atoms with Crippen LogP contribution in [-0.2, 0) is 0 Å². The van der Waals surface area contributed by atoms with Gasteiger partial charge in [0.25, 0.3) is 0 Å². The normalized spacial score (nSPS) is 19.0. The summed E-state index contributed by atoms with van der Waals surface area (Å²) in [4.78, 5) is 4.90. The van der Waals surface area contributed by atoms with Crippen molar-refractivity contribution in [1.29, 1.82) is 0 Å². The molecule has 4 rings (SSSR count). The second-order valence-electron chi connectivity index (χ2n) is 5.18. The van der Waals surface area contributed by atoms with Crippen molar-refractivity contribution >= 4 is 33.9 Å². The maximum absolute atomic E-state index is 4.90. The van der Waals surface area contributed by atoms with E-state index in [1.807, 2.05) is 11.8 Å². The van der Waals surface area contributed by atoms with Gasteiger partial charge in [0.1, 0.15) is 5.01 Å². The highest BCUT2D eigenvalue weighted by Gasteiger charge is 2.19. The van der Waals surface area contributed by atoms with E-state index in [4.69, 9.17) is 4.98 Å². The first-order chi connectivity index (χ1) is 10.4. The van der Waals surface area contributed by atoms with E-state index >= 15 is 0 Å². The zero-order chi connectivity index (χ0) is 14.1. The van der Waals surface area contributed by atoms with Crippen molar-refractivity contribution in [1.82, 2.24) is 10.3 Å². The second-order valence-corrected chi connectivity index (χ2v) is 7.22. The molecule has 21 heavy (non-hydrogen) atoms. The van der Waals surface area contributed by atoms with Gasteiger partial charge in [-0.1, -0.05) is 42.5 Å². The zero-order valence-corrected chi connectivity index (χ0v) is 13.2. The SMILES string of the molecule is c1ccc2c(-c3csc(C4CSCCN4)n3)cccc2c1. The molecular weight excluding hydrogens is 296 g/mol. The monoisotopic (exact) mass is 312 g/mol. The highest BCUT2D eigenvalue weighted by atomic mass is 32.2. The molecule has 0 saturated carbocycles. The van der Waals surface area contributed by atoms with Gasteiger partial charge in [-0.05, 0) is 10.8 Å². The Kier molecular flexibility index (Phi) is 3.67.